The number of hydrogen-bond acceptors (Lipinski definition) is 4. The summed E-state index contributed by atoms with van der Waals surface area (Å²) in [6, 6.07) is 3.60. The second kappa shape index (κ2) is 6.30. The monoisotopic (exact) mass is 237 g/mol. The Morgan fingerprint density at radius 2 is 2.24 bits per heavy atom. The van der Waals surface area contributed by atoms with Gasteiger partial charge in [0.1, 0.15) is 5.69 Å². The molecule has 1 rings (SSSR count). The van der Waals surface area contributed by atoms with Gasteiger partial charge in [0.15, 0.2) is 0 Å². The van der Waals surface area contributed by atoms with Crippen LogP contribution in [-0.2, 0) is 6.42 Å². The fourth-order valence-corrected chi connectivity index (χ4v) is 1.69. The first-order chi connectivity index (χ1) is 8.04. The number of pyridine rings is 1. The minimum absolute atomic E-state index is 0.0860. The van der Waals surface area contributed by atoms with Gasteiger partial charge in [-0.2, -0.15) is 0 Å². The van der Waals surface area contributed by atoms with E-state index >= 15 is 0 Å². The summed E-state index contributed by atoms with van der Waals surface area (Å²) >= 11 is 0. The Morgan fingerprint density at radius 3 is 2.76 bits per heavy atom. The first kappa shape index (κ1) is 13.6. The van der Waals surface area contributed by atoms with Crippen molar-refractivity contribution in [1.29, 1.82) is 0 Å². The SMILES string of the molecule is CCCNC(C)Cc1ccc([N+](=O)[O-])c(C)n1. The molecule has 0 fully saturated rings. The van der Waals surface area contributed by atoms with Crippen molar-refractivity contribution in [2.45, 2.75) is 39.7 Å². The zero-order valence-corrected chi connectivity index (χ0v) is 10.6. The Balaban J connectivity index is 2.67. The summed E-state index contributed by atoms with van der Waals surface area (Å²) in [6.45, 7) is 6.86. The van der Waals surface area contributed by atoms with Crippen molar-refractivity contribution in [3.63, 3.8) is 0 Å². The maximum atomic E-state index is 10.6. The molecule has 1 aromatic rings. The van der Waals surface area contributed by atoms with Crippen molar-refractivity contribution in [2.24, 2.45) is 0 Å². The van der Waals surface area contributed by atoms with E-state index in [4.69, 9.17) is 0 Å². The molecule has 1 heterocycles. The lowest BCUT2D eigenvalue weighted by Crippen LogP contribution is -2.29. The number of hydrogen-bond donors (Lipinski definition) is 1. The molecule has 0 aliphatic carbocycles. The summed E-state index contributed by atoms with van der Waals surface area (Å²) in [4.78, 5) is 14.5. The van der Waals surface area contributed by atoms with E-state index in [1.54, 1.807) is 13.0 Å². The maximum Gasteiger partial charge on any atom is 0.290 e. The average molecular weight is 237 g/mol. The van der Waals surface area contributed by atoms with Crippen LogP contribution in [0.25, 0.3) is 0 Å². The number of aryl methyl sites for hydroxylation is 1. The van der Waals surface area contributed by atoms with Crippen molar-refractivity contribution >= 4 is 5.69 Å². The maximum absolute atomic E-state index is 10.6. The molecule has 1 unspecified atom stereocenters. The molecule has 1 aromatic heterocycles. The van der Waals surface area contributed by atoms with Crippen molar-refractivity contribution < 1.29 is 4.92 Å². The molecule has 0 saturated heterocycles. The van der Waals surface area contributed by atoms with Crippen molar-refractivity contribution in [3.8, 4) is 0 Å². The molecule has 1 N–H and O–H groups in total. The number of nitrogens with one attached hydrogen (secondary N) is 1. The zero-order valence-electron chi connectivity index (χ0n) is 10.6. The highest BCUT2D eigenvalue weighted by atomic mass is 16.6. The van der Waals surface area contributed by atoms with Crippen LogP contribution in [0.5, 0.6) is 0 Å². The Hall–Kier alpha value is -1.49. The van der Waals surface area contributed by atoms with E-state index in [9.17, 15) is 10.1 Å². The topological polar surface area (TPSA) is 68.1 Å². The molecule has 0 bridgehead atoms. The fourth-order valence-electron chi connectivity index (χ4n) is 1.69. The lowest BCUT2D eigenvalue weighted by Gasteiger charge is -2.12. The zero-order chi connectivity index (χ0) is 12.8. The van der Waals surface area contributed by atoms with Crippen LogP contribution in [0, 0.1) is 17.0 Å². The quantitative estimate of drug-likeness (QED) is 0.608. The number of nitrogens with zero attached hydrogens (tertiary/aromatic N) is 2. The molecule has 0 radical (unpaired) electrons. The highest BCUT2D eigenvalue weighted by Crippen LogP contribution is 2.16. The summed E-state index contributed by atoms with van der Waals surface area (Å²) in [5, 5.41) is 14.0. The Kier molecular flexibility index (Phi) is 5.03. The molecular formula is C12H19N3O2. The summed E-state index contributed by atoms with van der Waals surface area (Å²) in [5.74, 6) is 0. The van der Waals surface area contributed by atoms with E-state index in [2.05, 4.69) is 24.1 Å². The van der Waals surface area contributed by atoms with Crippen molar-refractivity contribution in [1.82, 2.24) is 10.3 Å². The van der Waals surface area contributed by atoms with Gasteiger partial charge in [-0.3, -0.25) is 15.1 Å². The van der Waals surface area contributed by atoms with Crippen LogP contribution < -0.4 is 5.32 Å². The predicted octanol–water partition coefficient (Wildman–Crippen LogP) is 2.23. The van der Waals surface area contributed by atoms with E-state index < -0.39 is 4.92 Å². The number of rotatable bonds is 6. The van der Waals surface area contributed by atoms with Gasteiger partial charge in [-0.05, 0) is 32.9 Å². The molecule has 0 spiro atoms. The van der Waals surface area contributed by atoms with E-state index in [1.165, 1.54) is 6.07 Å². The Bertz CT molecular complexity index is 393. The van der Waals surface area contributed by atoms with Gasteiger partial charge in [0, 0.05) is 24.2 Å². The number of nitro groups is 1. The molecule has 5 nitrogen and oxygen atoms in total. The van der Waals surface area contributed by atoms with Gasteiger partial charge in [0.05, 0.1) is 4.92 Å². The molecule has 0 aromatic carbocycles. The highest BCUT2D eigenvalue weighted by molar-refractivity contribution is 5.35. The van der Waals surface area contributed by atoms with Crippen LogP contribution in [0.15, 0.2) is 12.1 Å². The van der Waals surface area contributed by atoms with Gasteiger partial charge in [-0.15, -0.1) is 0 Å². The smallest absolute Gasteiger partial charge is 0.290 e. The molecule has 0 amide bonds. The third-order valence-electron chi connectivity index (χ3n) is 2.57. The second-order valence-electron chi connectivity index (χ2n) is 4.22. The summed E-state index contributed by atoms with van der Waals surface area (Å²) in [7, 11) is 0. The normalized spacial score (nSPS) is 12.4. The highest BCUT2D eigenvalue weighted by Gasteiger charge is 2.12. The van der Waals surface area contributed by atoms with Crippen LogP contribution in [0.2, 0.25) is 0 Å². The summed E-state index contributed by atoms with van der Waals surface area (Å²) in [5.41, 5.74) is 1.46. The van der Waals surface area contributed by atoms with Gasteiger partial charge < -0.3 is 5.32 Å². The molecule has 0 saturated carbocycles. The number of aromatic nitrogens is 1. The first-order valence-corrected chi connectivity index (χ1v) is 5.89. The largest absolute Gasteiger partial charge is 0.314 e. The van der Waals surface area contributed by atoms with Crippen LogP contribution in [0.4, 0.5) is 5.69 Å². The van der Waals surface area contributed by atoms with E-state index in [-0.39, 0.29) is 5.69 Å². The summed E-state index contributed by atoms with van der Waals surface area (Å²) in [6.07, 6.45) is 1.88. The third kappa shape index (κ3) is 4.11. The molecule has 94 valence electrons. The van der Waals surface area contributed by atoms with Gasteiger partial charge >= 0.3 is 0 Å². The van der Waals surface area contributed by atoms with Crippen molar-refractivity contribution in [2.75, 3.05) is 6.54 Å². The lowest BCUT2D eigenvalue weighted by atomic mass is 10.1. The van der Waals surface area contributed by atoms with Gasteiger partial charge in [-0.25, -0.2) is 0 Å². The van der Waals surface area contributed by atoms with E-state index in [0.717, 1.165) is 25.1 Å². The van der Waals surface area contributed by atoms with Crippen LogP contribution in [0.1, 0.15) is 31.7 Å². The molecule has 0 aliphatic heterocycles. The summed E-state index contributed by atoms with van der Waals surface area (Å²) < 4.78 is 0. The molecule has 17 heavy (non-hydrogen) atoms. The molecular weight excluding hydrogens is 218 g/mol. The lowest BCUT2D eigenvalue weighted by molar-refractivity contribution is -0.385. The van der Waals surface area contributed by atoms with Crippen LogP contribution in [-0.4, -0.2) is 22.5 Å². The average Bonchev–Trinajstić information content (AvgIpc) is 2.26. The van der Waals surface area contributed by atoms with Gasteiger partial charge in [-0.1, -0.05) is 6.92 Å². The van der Waals surface area contributed by atoms with E-state index in [1.807, 2.05) is 0 Å². The van der Waals surface area contributed by atoms with Gasteiger partial charge in [0.2, 0.25) is 0 Å². The predicted molar refractivity (Wildman–Crippen MR) is 67.1 cm³/mol. The second-order valence-corrected chi connectivity index (χ2v) is 4.22. The van der Waals surface area contributed by atoms with Gasteiger partial charge in [0.25, 0.3) is 5.69 Å². The Morgan fingerprint density at radius 1 is 1.53 bits per heavy atom. The molecule has 0 aliphatic rings. The minimum atomic E-state index is -0.398. The van der Waals surface area contributed by atoms with E-state index in [0.29, 0.717) is 11.7 Å². The third-order valence-corrected chi connectivity index (χ3v) is 2.57. The first-order valence-electron chi connectivity index (χ1n) is 5.89. The van der Waals surface area contributed by atoms with Crippen molar-refractivity contribution in [3.05, 3.63) is 33.6 Å². The fraction of sp³-hybridized carbons (Fsp3) is 0.583. The molecule has 1 atom stereocenters. The van der Waals surface area contributed by atoms with Crippen LogP contribution >= 0.6 is 0 Å². The van der Waals surface area contributed by atoms with Crippen LogP contribution in [0.3, 0.4) is 0 Å². The molecule has 5 heteroatoms. The minimum Gasteiger partial charge on any atom is -0.314 e. The standard InChI is InChI=1S/C12H19N3O2/c1-4-7-13-9(2)8-11-5-6-12(15(16)17)10(3)14-11/h5-6,9,13H,4,7-8H2,1-3H3. The Labute approximate surface area is 101 Å².